The molecule has 1 amide bonds. The molecule has 1 fully saturated rings. The second-order valence-electron chi connectivity index (χ2n) is 5.86. The highest BCUT2D eigenvalue weighted by Crippen LogP contribution is 2.17. The average Bonchev–Trinajstić information content (AvgIpc) is 2.95. The van der Waals surface area contributed by atoms with Crippen LogP contribution in [0.4, 0.5) is 0 Å². The summed E-state index contributed by atoms with van der Waals surface area (Å²) in [7, 11) is 0. The van der Waals surface area contributed by atoms with E-state index in [1.165, 1.54) is 0 Å². The summed E-state index contributed by atoms with van der Waals surface area (Å²) in [5, 5.41) is 4.55. The van der Waals surface area contributed by atoms with Crippen molar-refractivity contribution in [2.45, 2.75) is 19.9 Å². The van der Waals surface area contributed by atoms with Crippen molar-refractivity contribution in [2.75, 3.05) is 26.2 Å². The number of rotatable bonds is 4. The fourth-order valence-corrected chi connectivity index (χ4v) is 2.99. The summed E-state index contributed by atoms with van der Waals surface area (Å²) in [5.74, 6) is 1.01. The Balaban J connectivity index is 1.50. The second kappa shape index (κ2) is 7.15. The first-order valence-corrected chi connectivity index (χ1v) is 8.15. The fourth-order valence-electron chi connectivity index (χ4n) is 2.78. The minimum Gasteiger partial charge on any atom is -0.360 e. The van der Waals surface area contributed by atoms with Gasteiger partial charge in [-0.15, -0.1) is 0 Å². The van der Waals surface area contributed by atoms with Gasteiger partial charge in [0.05, 0.1) is 18.7 Å². The molecule has 1 aromatic carbocycles. The second-order valence-corrected chi connectivity index (χ2v) is 6.27. The van der Waals surface area contributed by atoms with Gasteiger partial charge in [0.15, 0.2) is 5.76 Å². The van der Waals surface area contributed by atoms with Gasteiger partial charge in [0.2, 0.25) is 5.91 Å². The van der Waals surface area contributed by atoms with E-state index >= 15 is 0 Å². The number of benzene rings is 1. The van der Waals surface area contributed by atoms with Gasteiger partial charge in [0.25, 0.3) is 0 Å². The van der Waals surface area contributed by atoms with Gasteiger partial charge in [-0.2, -0.15) is 0 Å². The van der Waals surface area contributed by atoms with Crippen LogP contribution in [0.1, 0.15) is 17.0 Å². The molecule has 0 spiro atoms. The smallest absolute Gasteiger partial charge is 0.227 e. The van der Waals surface area contributed by atoms with Crippen LogP contribution in [0, 0.1) is 6.92 Å². The maximum Gasteiger partial charge on any atom is 0.227 e. The molecule has 2 aromatic rings. The molecule has 23 heavy (non-hydrogen) atoms. The number of carbonyl (C=O) groups excluding carboxylic acids is 1. The minimum absolute atomic E-state index is 0.133. The number of nitrogens with zero attached hydrogens (tertiary/aromatic N) is 3. The van der Waals surface area contributed by atoms with Gasteiger partial charge in [-0.1, -0.05) is 35.0 Å². The molecular formula is C17H20ClN3O2. The highest BCUT2D eigenvalue weighted by molar-refractivity contribution is 6.31. The summed E-state index contributed by atoms with van der Waals surface area (Å²) in [6.45, 7) is 5.81. The summed E-state index contributed by atoms with van der Waals surface area (Å²) in [6, 6.07) is 9.46. The maximum absolute atomic E-state index is 12.4. The number of aryl methyl sites for hydroxylation is 1. The average molecular weight is 334 g/mol. The molecule has 0 N–H and O–H groups in total. The zero-order valence-corrected chi connectivity index (χ0v) is 13.9. The van der Waals surface area contributed by atoms with Crippen molar-refractivity contribution < 1.29 is 9.32 Å². The van der Waals surface area contributed by atoms with E-state index in [-0.39, 0.29) is 5.91 Å². The van der Waals surface area contributed by atoms with Crippen LogP contribution in [0.3, 0.4) is 0 Å². The summed E-state index contributed by atoms with van der Waals surface area (Å²) in [6.07, 6.45) is 0.362. The molecule has 0 atom stereocenters. The van der Waals surface area contributed by atoms with Crippen molar-refractivity contribution in [3.05, 3.63) is 52.4 Å². The highest BCUT2D eigenvalue weighted by Gasteiger charge is 2.22. The Bertz CT molecular complexity index is 678. The van der Waals surface area contributed by atoms with Crippen LogP contribution in [0.25, 0.3) is 0 Å². The lowest BCUT2D eigenvalue weighted by Crippen LogP contribution is -2.48. The van der Waals surface area contributed by atoms with E-state index in [0.29, 0.717) is 11.4 Å². The van der Waals surface area contributed by atoms with E-state index < -0.39 is 0 Å². The van der Waals surface area contributed by atoms with Gasteiger partial charge in [-0.3, -0.25) is 9.69 Å². The molecule has 3 rings (SSSR count). The van der Waals surface area contributed by atoms with Crippen LogP contribution < -0.4 is 0 Å². The molecular weight excluding hydrogens is 314 g/mol. The summed E-state index contributed by atoms with van der Waals surface area (Å²) < 4.78 is 5.25. The van der Waals surface area contributed by atoms with Crippen molar-refractivity contribution in [1.82, 2.24) is 15.0 Å². The van der Waals surface area contributed by atoms with Crippen LogP contribution in [-0.4, -0.2) is 47.0 Å². The van der Waals surface area contributed by atoms with E-state index in [1.807, 2.05) is 42.2 Å². The zero-order valence-electron chi connectivity index (χ0n) is 13.2. The van der Waals surface area contributed by atoms with E-state index in [4.69, 9.17) is 16.1 Å². The molecule has 0 unspecified atom stereocenters. The van der Waals surface area contributed by atoms with Crippen molar-refractivity contribution >= 4 is 17.5 Å². The van der Waals surface area contributed by atoms with Gasteiger partial charge < -0.3 is 9.42 Å². The predicted octanol–water partition coefficient (Wildman–Crippen LogP) is 2.52. The Morgan fingerprint density at radius 3 is 2.65 bits per heavy atom. The van der Waals surface area contributed by atoms with Crippen LogP contribution in [0.5, 0.6) is 0 Å². The quantitative estimate of drug-likeness (QED) is 0.862. The minimum atomic E-state index is 0.133. The topological polar surface area (TPSA) is 49.6 Å². The molecule has 1 saturated heterocycles. The number of hydrogen-bond donors (Lipinski definition) is 0. The number of halogens is 1. The number of carbonyl (C=O) groups is 1. The molecule has 1 aliphatic heterocycles. The molecule has 1 aliphatic rings. The van der Waals surface area contributed by atoms with Gasteiger partial charge in [0, 0.05) is 37.3 Å². The molecule has 5 nitrogen and oxygen atoms in total. The van der Waals surface area contributed by atoms with Crippen LogP contribution in [0.2, 0.25) is 5.02 Å². The Hall–Kier alpha value is -1.85. The predicted molar refractivity (Wildman–Crippen MR) is 88.3 cm³/mol. The highest BCUT2D eigenvalue weighted by atomic mass is 35.5. The monoisotopic (exact) mass is 333 g/mol. The van der Waals surface area contributed by atoms with Crippen molar-refractivity contribution in [2.24, 2.45) is 0 Å². The van der Waals surface area contributed by atoms with Gasteiger partial charge in [-0.05, 0) is 18.6 Å². The molecule has 0 aliphatic carbocycles. The lowest BCUT2D eigenvalue weighted by Gasteiger charge is -2.34. The Morgan fingerprint density at radius 2 is 2.00 bits per heavy atom. The first-order chi connectivity index (χ1) is 11.1. The Morgan fingerprint density at radius 1 is 1.26 bits per heavy atom. The number of hydrogen-bond acceptors (Lipinski definition) is 4. The van der Waals surface area contributed by atoms with Crippen molar-refractivity contribution in [3.63, 3.8) is 0 Å². The summed E-state index contributed by atoms with van der Waals surface area (Å²) in [5.41, 5.74) is 1.78. The first-order valence-electron chi connectivity index (χ1n) is 7.77. The summed E-state index contributed by atoms with van der Waals surface area (Å²) in [4.78, 5) is 16.6. The molecule has 6 heteroatoms. The Kier molecular flexibility index (Phi) is 4.98. The van der Waals surface area contributed by atoms with Gasteiger partial charge in [-0.25, -0.2) is 0 Å². The lowest BCUT2D eigenvalue weighted by molar-refractivity contribution is -0.132. The number of amides is 1. The first kappa shape index (κ1) is 16.0. The van der Waals surface area contributed by atoms with Crippen molar-refractivity contribution in [1.29, 1.82) is 0 Å². The maximum atomic E-state index is 12.4. The Labute approximate surface area is 140 Å². The van der Waals surface area contributed by atoms with E-state index in [0.717, 1.165) is 49.7 Å². The lowest BCUT2D eigenvalue weighted by atomic mass is 10.1. The van der Waals surface area contributed by atoms with E-state index in [2.05, 4.69) is 10.1 Å². The zero-order chi connectivity index (χ0) is 16.2. The molecule has 0 saturated carbocycles. The SMILES string of the molecule is Cc1cc(CN2CCN(C(=O)Cc3ccccc3Cl)CC2)on1. The molecule has 122 valence electrons. The fraction of sp³-hybridized carbons (Fsp3) is 0.412. The normalized spacial score (nSPS) is 15.8. The largest absolute Gasteiger partial charge is 0.360 e. The number of aromatic nitrogens is 1. The van der Waals surface area contributed by atoms with Crippen LogP contribution >= 0.6 is 11.6 Å². The van der Waals surface area contributed by atoms with E-state index in [9.17, 15) is 4.79 Å². The third-order valence-corrected chi connectivity index (χ3v) is 4.45. The summed E-state index contributed by atoms with van der Waals surface area (Å²) >= 11 is 6.13. The van der Waals surface area contributed by atoms with Gasteiger partial charge in [0.1, 0.15) is 0 Å². The third kappa shape index (κ3) is 4.12. The standard InChI is InChI=1S/C17H20ClN3O2/c1-13-10-15(23-19-13)12-20-6-8-21(9-7-20)17(22)11-14-4-2-3-5-16(14)18/h2-5,10H,6-9,11-12H2,1H3. The number of piperazine rings is 1. The molecule has 1 aromatic heterocycles. The van der Waals surface area contributed by atoms with Crippen LogP contribution in [0.15, 0.2) is 34.9 Å². The van der Waals surface area contributed by atoms with Crippen molar-refractivity contribution in [3.8, 4) is 0 Å². The van der Waals surface area contributed by atoms with E-state index in [1.54, 1.807) is 0 Å². The van der Waals surface area contributed by atoms with Gasteiger partial charge >= 0.3 is 0 Å². The third-order valence-electron chi connectivity index (χ3n) is 4.08. The molecule has 0 radical (unpaired) electrons. The molecule has 2 heterocycles. The van der Waals surface area contributed by atoms with Crippen LogP contribution in [-0.2, 0) is 17.8 Å². The molecule has 0 bridgehead atoms.